The van der Waals surface area contributed by atoms with Crippen molar-refractivity contribution in [1.82, 2.24) is 24.6 Å². The number of anilines is 1. The lowest BCUT2D eigenvalue weighted by Gasteiger charge is -2.34. The molecular weight excluding hydrogens is 483 g/mol. The fourth-order valence-corrected chi connectivity index (χ4v) is 5.32. The van der Waals surface area contributed by atoms with Gasteiger partial charge in [0.2, 0.25) is 10.9 Å². The van der Waals surface area contributed by atoms with Crippen molar-refractivity contribution in [2.75, 3.05) is 24.2 Å². The van der Waals surface area contributed by atoms with E-state index in [0.29, 0.717) is 38.3 Å². The highest BCUT2D eigenvalue weighted by Gasteiger charge is 2.27. The second-order valence-electron chi connectivity index (χ2n) is 7.92. The van der Waals surface area contributed by atoms with Crippen molar-refractivity contribution in [3.63, 3.8) is 0 Å². The molecule has 0 N–H and O–H groups in total. The first-order valence-corrected chi connectivity index (χ1v) is 13.0. The molecule has 11 heteroatoms. The van der Waals surface area contributed by atoms with Crippen molar-refractivity contribution < 1.29 is 9.13 Å². The molecule has 1 fully saturated rings. The number of hydrogen-bond donors (Lipinski definition) is 0. The maximum absolute atomic E-state index is 14.4. The lowest BCUT2D eigenvalue weighted by molar-refractivity contribution is 0.131. The van der Waals surface area contributed by atoms with Crippen LogP contribution < -0.4 is 9.64 Å². The monoisotopic (exact) mass is 504 g/mol. The summed E-state index contributed by atoms with van der Waals surface area (Å²) in [6.07, 6.45) is 8.89. The fraction of sp³-hybridized carbons (Fsp3) is 0.364. The van der Waals surface area contributed by atoms with E-state index in [-0.39, 0.29) is 11.9 Å². The number of hydrogen-bond acceptors (Lipinski definition) is 8. The van der Waals surface area contributed by atoms with E-state index in [4.69, 9.17) is 16.3 Å². The van der Waals surface area contributed by atoms with Crippen molar-refractivity contribution in [2.24, 2.45) is 5.92 Å². The van der Waals surface area contributed by atoms with Crippen molar-refractivity contribution in [1.29, 1.82) is 0 Å². The smallest absolute Gasteiger partial charge is 0.294 e. The van der Waals surface area contributed by atoms with Gasteiger partial charge in [-0.2, -0.15) is 0 Å². The Balaban J connectivity index is 1.22. The highest BCUT2D eigenvalue weighted by atomic mass is 35.5. The van der Waals surface area contributed by atoms with Gasteiger partial charge in [0.15, 0.2) is 0 Å². The first-order valence-electron chi connectivity index (χ1n) is 10.6. The van der Waals surface area contributed by atoms with Crippen molar-refractivity contribution in [2.45, 2.75) is 30.8 Å². The summed E-state index contributed by atoms with van der Waals surface area (Å²) < 4.78 is 22.3. The predicted octanol–water partition coefficient (Wildman–Crippen LogP) is 5.45. The fourth-order valence-electron chi connectivity index (χ4n) is 3.98. The lowest BCUT2D eigenvalue weighted by Crippen LogP contribution is -2.39. The number of nitrogens with zero attached hydrogens (tertiary/aromatic N) is 6. The Morgan fingerprint density at radius 2 is 2.00 bits per heavy atom. The lowest BCUT2D eigenvalue weighted by atomic mass is 9.92. The van der Waals surface area contributed by atoms with Gasteiger partial charge in [-0.25, -0.2) is 23.9 Å². The summed E-state index contributed by atoms with van der Waals surface area (Å²) in [7, 11) is 0. The van der Waals surface area contributed by atoms with Crippen molar-refractivity contribution in [3.8, 4) is 16.5 Å². The maximum atomic E-state index is 14.4. The third-order valence-corrected chi connectivity index (χ3v) is 7.59. The summed E-state index contributed by atoms with van der Waals surface area (Å²) in [5, 5.41) is 5.61. The van der Waals surface area contributed by atoms with E-state index < -0.39 is 0 Å². The zero-order valence-electron chi connectivity index (χ0n) is 18.1. The molecule has 0 saturated carbocycles. The molecule has 3 aromatic heterocycles. The number of fused-ring (bicyclic) bond motifs is 1. The SMILES string of the molecule is CSc1ccc(-c2cn3nc(OC(C)C4CCN(c5ncc(Cl)cn5)CC4)sc3n2)c(F)c1. The van der Waals surface area contributed by atoms with Crippen LogP contribution in [0.2, 0.25) is 5.02 Å². The number of thioether (sulfide) groups is 1. The van der Waals surface area contributed by atoms with Gasteiger partial charge in [-0.1, -0.05) is 11.6 Å². The summed E-state index contributed by atoms with van der Waals surface area (Å²) in [6.45, 7) is 3.81. The van der Waals surface area contributed by atoms with Gasteiger partial charge in [0.1, 0.15) is 11.9 Å². The van der Waals surface area contributed by atoms with Gasteiger partial charge in [-0.3, -0.25) is 0 Å². The molecule has 1 saturated heterocycles. The Bertz CT molecular complexity index is 1220. The van der Waals surface area contributed by atoms with Gasteiger partial charge in [-0.05, 0) is 61.5 Å². The molecule has 33 heavy (non-hydrogen) atoms. The predicted molar refractivity (Wildman–Crippen MR) is 130 cm³/mol. The Hall–Kier alpha value is -2.43. The Morgan fingerprint density at radius 1 is 1.24 bits per heavy atom. The van der Waals surface area contributed by atoms with Crippen LogP contribution in [0, 0.1) is 11.7 Å². The standard InChI is InChI=1S/C22H22ClFN6OS2/c1-13(14-5-7-29(8-6-14)20-25-10-15(23)11-26-20)31-22-28-30-12-19(27-21(30)33-22)17-4-3-16(32-2)9-18(17)24/h3-4,9-14H,5-8H2,1-2H3. The maximum Gasteiger partial charge on any atom is 0.294 e. The molecule has 1 aromatic carbocycles. The van der Waals surface area contributed by atoms with E-state index in [0.717, 1.165) is 30.8 Å². The van der Waals surface area contributed by atoms with E-state index in [2.05, 4.69) is 31.9 Å². The van der Waals surface area contributed by atoms with Crippen LogP contribution in [0.3, 0.4) is 0 Å². The zero-order valence-corrected chi connectivity index (χ0v) is 20.5. The van der Waals surface area contributed by atoms with Gasteiger partial charge in [0.05, 0.1) is 29.3 Å². The van der Waals surface area contributed by atoms with Crippen LogP contribution in [0.4, 0.5) is 10.3 Å². The molecule has 0 radical (unpaired) electrons. The third kappa shape index (κ3) is 4.78. The van der Waals surface area contributed by atoms with Gasteiger partial charge in [0, 0.05) is 23.5 Å². The number of rotatable bonds is 6. The summed E-state index contributed by atoms with van der Waals surface area (Å²) in [4.78, 5) is 16.9. The van der Waals surface area contributed by atoms with Crippen molar-refractivity contribution >= 4 is 45.6 Å². The number of imidazole rings is 1. The molecule has 0 amide bonds. The normalized spacial score (nSPS) is 15.8. The third-order valence-electron chi connectivity index (χ3n) is 5.86. The number of ether oxygens (including phenoxy) is 1. The van der Waals surface area contributed by atoms with Crippen LogP contribution in [-0.2, 0) is 0 Å². The average Bonchev–Trinajstić information content (AvgIpc) is 3.38. The number of piperidine rings is 1. The number of benzene rings is 1. The van der Waals surface area contributed by atoms with Crippen molar-refractivity contribution in [3.05, 3.63) is 47.6 Å². The quantitative estimate of drug-likeness (QED) is 0.323. The first-order chi connectivity index (χ1) is 16.0. The summed E-state index contributed by atoms with van der Waals surface area (Å²) in [6, 6.07) is 5.18. The second kappa shape index (κ2) is 9.44. The molecule has 0 bridgehead atoms. The minimum Gasteiger partial charge on any atom is -0.466 e. The van der Waals surface area contributed by atoms with Crippen LogP contribution in [0.25, 0.3) is 16.2 Å². The minimum absolute atomic E-state index is 0.0187. The van der Waals surface area contributed by atoms with Gasteiger partial charge < -0.3 is 9.64 Å². The molecule has 1 atom stereocenters. The average molecular weight is 505 g/mol. The van der Waals surface area contributed by atoms with Gasteiger partial charge in [-0.15, -0.1) is 16.9 Å². The van der Waals surface area contributed by atoms with Crippen LogP contribution >= 0.6 is 34.7 Å². The Labute approximate surface area is 204 Å². The van der Waals surface area contributed by atoms with Gasteiger partial charge in [0.25, 0.3) is 5.19 Å². The van der Waals surface area contributed by atoms with E-state index in [1.54, 1.807) is 29.2 Å². The molecule has 4 aromatic rings. The molecule has 1 aliphatic rings. The Morgan fingerprint density at radius 3 is 2.67 bits per heavy atom. The van der Waals surface area contributed by atoms with E-state index in [1.165, 1.54) is 29.2 Å². The first kappa shape index (κ1) is 22.4. The molecular formula is C22H22ClFN6OS2. The van der Waals surface area contributed by atoms with Crippen LogP contribution in [0.15, 0.2) is 41.7 Å². The van der Waals surface area contributed by atoms with E-state index in [9.17, 15) is 4.39 Å². The Kier molecular flexibility index (Phi) is 6.40. The summed E-state index contributed by atoms with van der Waals surface area (Å²) in [5.74, 6) is 0.834. The number of halogens is 2. The molecule has 4 heterocycles. The highest BCUT2D eigenvalue weighted by molar-refractivity contribution is 7.98. The molecule has 0 aliphatic carbocycles. The van der Waals surface area contributed by atoms with E-state index in [1.807, 2.05) is 12.3 Å². The molecule has 1 unspecified atom stereocenters. The molecule has 7 nitrogen and oxygen atoms in total. The second-order valence-corrected chi connectivity index (χ2v) is 10.2. The van der Waals surface area contributed by atoms with Crippen LogP contribution in [0.5, 0.6) is 5.19 Å². The minimum atomic E-state index is -0.284. The molecule has 5 rings (SSSR count). The summed E-state index contributed by atoms with van der Waals surface area (Å²) >= 11 is 8.76. The molecule has 172 valence electrons. The topological polar surface area (TPSA) is 68.4 Å². The molecule has 0 spiro atoms. The van der Waals surface area contributed by atoms with Gasteiger partial charge >= 0.3 is 0 Å². The van der Waals surface area contributed by atoms with Crippen LogP contribution in [-0.4, -0.2) is 50.0 Å². The zero-order chi connectivity index (χ0) is 22.9. The van der Waals surface area contributed by atoms with Crippen LogP contribution in [0.1, 0.15) is 19.8 Å². The van der Waals surface area contributed by atoms with E-state index >= 15 is 0 Å². The number of aromatic nitrogens is 5. The highest BCUT2D eigenvalue weighted by Crippen LogP contribution is 2.31. The largest absolute Gasteiger partial charge is 0.466 e. The molecule has 1 aliphatic heterocycles. The summed E-state index contributed by atoms with van der Waals surface area (Å²) in [5.41, 5.74) is 1.04.